The van der Waals surface area contributed by atoms with E-state index in [-0.39, 0.29) is 40.8 Å². The molecular weight excluding hydrogens is 414 g/mol. The molecule has 1 aliphatic heterocycles. The molecule has 0 bridgehead atoms. The molecular formula is C19H25N3O5S2. The summed E-state index contributed by atoms with van der Waals surface area (Å²) in [5.41, 5.74) is 0.397. The topological polar surface area (TPSA) is 98.6 Å². The Morgan fingerprint density at radius 2 is 2.14 bits per heavy atom. The molecule has 1 saturated heterocycles. The van der Waals surface area contributed by atoms with Gasteiger partial charge in [-0.25, -0.2) is 13.4 Å². The first kappa shape index (κ1) is 21.8. The van der Waals surface area contributed by atoms with E-state index in [4.69, 9.17) is 4.74 Å². The third-order valence-corrected chi connectivity index (χ3v) is 7.79. The van der Waals surface area contributed by atoms with E-state index in [0.717, 1.165) is 0 Å². The predicted octanol–water partition coefficient (Wildman–Crippen LogP) is 1.34. The molecule has 1 aliphatic rings. The van der Waals surface area contributed by atoms with Gasteiger partial charge < -0.3 is 9.64 Å². The zero-order valence-corrected chi connectivity index (χ0v) is 18.3. The Labute approximate surface area is 174 Å². The first-order valence-electron chi connectivity index (χ1n) is 9.32. The van der Waals surface area contributed by atoms with E-state index in [1.807, 2.05) is 13.0 Å². The lowest BCUT2D eigenvalue weighted by molar-refractivity contribution is -0.128. The van der Waals surface area contributed by atoms with Gasteiger partial charge in [-0.05, 0) is 25.5 Å². The van der Waals surface area contributed by atoms with Crippen molar-refractivity contribution < 1.29 is 17.9 Å². The number of methoxy groups -OCH3 is 1. The molecule has 1 amide bonds. The highest BCUT2D eigenvalue weighted by Gasteiger charge is 2.32. The monoisotopic (exact) mass is 439 g/mol. The van der Waals surface area contributed by atoms with Crippen LogP contribution in [0.15, 0.2) is 34.2 Å². The van der Waals surface area contributed by atoms with Gasteiger partial charge in [0.05, 0.1) is 40.8 Å². The lowest BCUT2D eigenvalue weighted by Crippen LogP contribution is -2.39. The number of sulfone groups is 1. The Kier molecular flexibility index (Phi) is 6.65. The number of benzene rings is 1. The number of carbonyl (C=O) groups excluding carboxylic acids is 1. The first-order valence-corrected chi connectivity index (χ1v) is 12.1. The van der Waals surface area contributed by atoms with Crippen LogP contribution < -0.4 is 5.56 Å². The fourth-order valence-electron chi connectivity index (χ4n) is 3.44. The number of carbonyl (C=O) groups is 1. The van der Waals surface area contributed by atoms with E-state index in [2.05, 4.69) is 4.98 Å². The molecule has 0 spiro atoms. The van der Waals surface area contributed by atoms with Gasteiger partial charge in [-0.1, -0.05) is 23.9 Å². The number of aromatic nitrogens is 2. The average Bonchev–Trinajstić information content (AvgIpc) is 3.05. The molecule has 1 aromatic heterocycles. The Bertz CT molecular complexity index is 1070. The van der Waals surface area contributed by atoms with Crippen molar-refractivity contribution in [1.82, 2.24) is 14.5 Å². The van der Waals surface area contributed by atoms with Gasteiger partial charge in [0.15, 0.2) is 15.0 Å². The average molecular weight is 440 g/mol. The van der Waals surface area contributed by atoms with Crippen molar-refractivity contribution >= 4 is 38.4 Å². The van der Waals surface area contributed by atoms with Gasteiger partial charge in [-0.3, -0.25) is 14.2 Å². The van der Waals surface area contributed by atoms with Crippen LogP contribution in [0.4, 0.5) is 0 Å². The summed E-state index contributed by atoms with van der Waals surface area (Å²) in [6.07, 6.45) is 0.457. The summed E-state index contributed by atoms with van der Waals surface area (Å²) in [5.74, 6) is -0.00490. The maximum absolute atomic E-state index is 13.0. The van der Waals surface area contributed by atoms with Crippen molar-refractivity contribution in [1.29, 1.82) is 0 Å². The van der Waals surface area contributed by atoms with Crippen LogP contribution in [0.2, 0.25) is 0 Å². The van der Waals surface area contributed by atoms with Crippen molar-refractivity contribution in [3.8, 4) is 0 Å². The van der Waals surface area contributed by atoms with Crippen molar-refractivity contribution in [2.75, 3.05) is 38.0 Å². The van der Waals surface area contributed by atoms with Gasteiger partial charge in [0.1, 0.15) is 0 Å². The second-order valence-electron chi connectivity index (χ2n) is 7.24. The van der Waals surface area contributed by atoms with Gasteiger partial charge in [-0.15, -0.1) is 0 Å². The van der Waals surface area contributed by atoms with E-state index in [9.17, 15) is 18.0 Å². The molecule has 10 heteroatoms. The lowest BCUT2D eigenvalue weighted by atomic mass is 10.2. The highest BCUT2D eigenvalue weighted by molar-refractivity contribution is 7.99. The normalized spacial score (nSPS) is 19.3. The summed E-state index contributed by atoms with van der Waals surface area (Å²) in [7, 11) is 0.127. The second kappa shape index (κ2) is 8.85. The van der Waals surface area contributed by atoms with Crippen molar-refractivity contribution in [3.63, 3.8) is 0 Å². The SMILES string of the molecule is COC[C@@H](C)n1c(SCC(=O)N(C)[C@H]2CCS(=O)(=O)C2)nc2ccccc2c1=O. The number of nitrogens with zero attached hydrogens (tertiary/aromatic N) is 3. The molecule has 0 aliphatic carbocycles. The number of fused-ring (bicyclic) bond motifs is 1. The summed E-state index contributed by atoms with van der Waals surface area (Å²) >= 11 is 1.18. The van der Waals surface area contributed by atoms with Gasteiger partial charge in [0.2, 0.25) is 5.91 Å². The summed E-state index contributed by atoms with van der Waals surface area (Å²) in [4.78, 5) is 31.8. The molecule has 2 atom stereocenters. The minimum absolute atomic E-state index is 0.00368. The van der Waals surface area contributed by atoms with Gasteiger partial charge in [0.25, 0.3) is 5.56 Å². The number of amides is 1. The number of hydrogen-bond acceptors (Lipinski definition) is 7. The Hall–Kier alpha value is -1.91. The summed E-state index contributed by atoms with van der Waals surface area (Å²) < 4.78 is 30.1. The molecule has 0 saturated carbocycles. The fraction of sp³-hybridized carbons (Fsp3) is 0.526. The van der Waals surface area contributed by atoms with Gasteiger partial charge >= 0.3 is 0 Å². The van der Waals surface area contributed by atoms with Crippen molar-refractivity contribution in [2.24, 2.45) is 0 Å². The smallest absolute Gasteiger partial charge is 0.262 e. The van der Waals surface area contributed by atoms with E-state index >= 15 is 0 Å². The third-order valence-electron chi connectivity index (χ3n) is 5.10. The molecule has 29 heavy (non-hydrogen) atoms. The highest BCUT2D eigenvalue weighted by Crippen LogP contribution is 2.23. The zero-order valence-electron chi connectivity index (χ0n) is 16.7. The third kappa shape index (κ3) is 4.81. The van der Waals surface area contributed by atoms with Crippen LogP contribution in [0.1, 0.15) is 19.4 Å². The standard InChI is InChI=1S/C19H25N3O5S2/c1-13(10-27-3)22-18(24)15-6-4-5-7-16(15)20-19(22)28-11-17(23)21(2)14-8-9-29(25,26)12-14/h4-7,13-14H,8-12H2,1-3H3/t13-,14+/m1/s1. The summed E-state index contributed by atoms with van der Waals surface area (Å²) in [6, 6.07) is 6.55. The number of thioether (sulfide) groups is 1. The zero-order chi connectivity index (χ0) is 21.2. The van der Waals surface area contributed by atoms with E-state index in [1.54, 1.807) is 36.9 Å². The molecule has 0 radical (unpaired) electrons. The van der Waals surface area contributed by atoms with Crippen molar-refractivity contribution in [3.05, 3.63) is 34.6 Å². The van der Waals surface area contributed by atoms with Crippen LogP contribution in [0.3, 0.4) is 0 Å². The number of ether oxygens (including phenoxy) is 1. The Morgan fingerprint density at radius 1 is 1.41 bits per heavy atom. The Morgan fingerprint density at radius 3 is 2.79 bits per heavy atom. The minimum atomic E-state index is -3.07. The molecule has 2 heterocycles. The van der Waals surface area contributed by atoms with Crippen LogP contribution in [0, 0.1) is 0 Å². The maximum atomic E-state index is 13.0. The molecule has 0 N–H and O–H groups in total. The molecule has 1 fully saturated rings. The van der Waals surface area contributed by atoms with Gasteiger partial charge in [-0.2, -0.15) is 0 Å². The maximum Gasteiger partial charge on any atom is 0.262 e. The highest BCUT2D eigenvalue weighted by atomic mass is 32.2. The van der Waals surface area contributed by atoms with Gasteiger partial charge in [0, 0.05) is 20.2 Å². The second-order valence-corrected chi connectivity index (χ2v) is 10.4. The molecule has 2 aromatic rings. The first-order chi connectivity index (χ1) is 13.7. The molecule has 158 valence electrons. The van der Waals surface area contributed by atoms with Crippen LogP contribution in [0.5, 0.6) is 0 Å². The lowest BCUT2D eigenvalue weighted by Gasteiger charge is -2.24. The molecule has 8 nitrogen and oxygen atoms in total. The quantitative estimate of drug-likeness (QED) is 0.474. The number of para-hydroxylation sites is 1. The molecule has 0 unspecified atom stereocenters. The summed E-state index contributed by atoms with van der Waals surface area (Å²) in [5, 5.41) is 0.957. The Balaban J connectivity index is 1.84. The van der Waals surface area contributed by atoms with Crippen molar-refractivity contribution in [2.45, 2.75) is 30.6 Å². The predicted molar refractivity (Wildman–Crippen MR) is 113 cm³/mol. The molecule has 1 aromatic carbocycles. The van der Waals surface area contributed by atoms with E-state index < -0.39 is 9.84 Å². The van der Waals surface area contributed by atoms with Crippen LogP contribution in [-0.4, -0.2) is 72.8 Å². The van der Waals surface area contributed by atoms with Crippen LogP contribution in [-0.2, 0) is 19.4 Å². The fourth-order valence-corrected chi connectivity index (χ4v) is 6.24. The summed E-state index contributed by atoms with van der Waals surface area (Å²) in [6.45, 7) is 2.20. The molecule has 3 rings (SSSR count). The van der Waals surface area contributed by atoms with Crippen LogP contribution >= 0.6 is 11.8 Å². The van der Waals surface area contributed by atoms with E-state index in [1.165, 1.54) is 16.7 Å². The van der Waals surface area contributed by atoms with E-state index in [0.29, 0.717) is 29.1 Å². The largest absolute Gasteiger partial charge is 0.383 e. The number of rotatable bonds is 7. The van der Waals surface area contributed by atoms with Crippen LogP contribution in [0.25, 0.3) is 10.9 Å². The minimum Gasteiger partial charge on any atom is -0.383 e. The number of hydrogen-bond donors (Lipinski definition) is 0.